The van der Waals surface area contributed by atoms with Crippen LogP contribution in [0.5, 0.6) is 5.75 Å². The maximum Gasteiger partial charge on any atom is 0.123 e. The summed E-state index contributed by atoms with van der Waals surface area (Å²) in [6.07, 6.45) is 3.93. The van der Waals surface area contributed by atoms with Crippen molar-refractivity contribution in [3.8, 4) is 5.75 Å². The topological polar surface area (TPSA) is 40.2 Å². The summed E-state index contributed by atoms with van der Waals surface area (Å²) in [5.41, 5.74) is 8.36. The standard InChI is InChI=1S/C16H21ClN2O/c1-3-14(18)10-15-5-4-8-19(15)11-12-9-13(17)6-7-16(12)20-2/h4-9,14H,3,10-11,18H2,1-2H3. The lowest BCUT2D eigenvalue weighted by Gasteiger charge is -2.15. The molecule has 0 saturated carbocycles. The molecule has 0 aliphatic rings. The fraction of sp³-hybridized carbons (Fsp3) is 0.375. The lowest BCUT2D eigenvalue weighted by molar-refractivity contribution is 0.408. The van der Waals surface area contributed by atoms with Gasteiger partial charge in [-0.1, -0.05) is 18.5 Å². The molecule has 0 saturated heterocycles. The van der Waals surface area contributed by atoms with Gasteiger partial charge in [-0.05, 0) is 36.8 Å². The molecule has 3 nitrogen and oxygen atoms in total. The lowest BCUT2D eigenvalue weighted by Crippen LogP contribution is -2.23. The summed E-state index contributed by atoms with van der Waals surface area (Å²) in [5, 5.41) is 0.722. The zero-order chi connectivity index (χ0) is 14.5. The van der Waals surface area contributed by atoms with Gasteiger partial charge in [0.2, 0.25) is 0 Å². The second kappa shape index (κ2) is 6.82. The van der Waals surface area contributed by atoms with Crippen LogP contribution in [0.15, 0.2) is 36.5 Å². The van der Waals surface area contributed by atoms with E-state index in [9.17, 15) is 0 Å². The molecule has 0 radical (unpaired) electrons. The number of halogens is 1. The number of benzene rings is 1. The smallest absolute Gasteiger partial charge is 0.123 e. The molecular weight excluding hydrogens is 272 g/mol. The highest BCUT2D eigenvalue weighted by Gasteiger charge is 2.09. The van der Waals surface area contributed by atoms with Crippen molar-refractivity contribution in [2.75, 3.05) is 7.11 Å². The van der Waals surface area contributed by atoms with E-state index in [1.54, 1.807) is 7.11 Å². The molecule has 20 heavy (non-hydrogen) atoms. The Morgan fingerprint density at radius 2 is 2.15 bits per heavy atom. The summed E-state index contributed by atoms with van der Waals surface area (Å²) in [5.74, 6) is 0.855. The molecule has 108 valence electrons. The van der Waals surface area contributed by atoms with Crippen LogP contribution in [0, 0.1) is 0 Å². The number of rotatable bonds is 6. The molecule has 2 aromatic rings. The average Bonchev–Trinajstić information content (AvgIpc) is 2.86. The highest BCUT2D eigenvalue weighted by molar-refractivity contribution is 6.30. The first-order chi connectivity index (χ1) is 9.63. The first kappa shape index (κ1) is 14.9. The predicted molar refractivity (Wildman–Crippen MR) is 83.5 cm³/mol. The van der Waals surface area contributed by atoms with Gasteiger partial charge in [-0.3, -0.25) is 0 Å². The van der Waals surface area contributed by atoms with E-state index in [1.807, 2.05) is 18.2 Å². The molecule has 0 spiro atoms. The Bertz CT molecular complexity index is 565. The van der Waals surface area contributed by atoms with Gasteiger partial charge in [0.05, 0.1) is 13.7 Å². The van der Waals surface area contributed by atoms with Crippen LogP contribution in [0.25, 0.3) is 0 Å². The fourth-order valence-corrected chi connectivity index (χ4v) is 2.45. The van der Waals surface area contributed by atoms with Crippen molar-refractivity contribution in [1.29, 1.82) is 0 Å². The van der Waals surface area contributed by atoms with E-state index < -0.39 is 0 Å². The molecular formula is C16H21ClN2O. The summed E-state index contributed by atoms with van der Waals surface area (Å²) < 4.78 is 7.59. The fourth-order valence-electron chi connectivity index (χ4n) is 2.26. The molecule has 0 aliphatic carbocycles. The zero-order valence-corrected chi connectivity index (χ0v) is 12.7. The Morgan fingerprint density at radius 1 is 1.35 bits per heavy atom. The highest BCUT2D eigenvalue weighted by Crippen LogP contribution is 2.24. The van der Waals surface area contributed by atoms with Crippen molar-refractivity contribution in [2.45, 2.75) is 32.4 Å². The second-order valence-electron chi connectivity index (χ2n) is 4.96. The summed E-state index contributed by atoms with van der Waals surface area (Å²) in [7, 11) is 1.68. The molecule has 1 heterocycles. The van der Waals surface area contributed by atoms with Gasteiger partial charge in [-0.25, -0.2) is 0 Å². The molecule has 1 aromatic heterocycles. The van der Waals surface area contributed by atoms with E-state index in [-0.39, 0.29) is 6.04 Å². The predicted octanol–water partition coefficient (Wildman–Crippen LogP) is 3.48. The van der Waals surface area contributed by atoms with Crippen LogP contribution in [0.3, 0.4) is 0 Å². The van der Waals surface area contributed by atoms with Gasteiger partial charge in [-0.15, -0.1) is 0 Å². The summed E-state index contributed by atoms with van der Waals surface area (Å²) in [6, 6.07) is 10.1. The van der Waals surface area contributed by atoms with E-state index in [2.05, 4.69) is 29.8 Å². The van der Waals surface area contributed by atoms with Crippen LogP contribution < -0.4 is 10.5 Å². The van der Waals surface area contributed by atoms with Crippen molar-refractivity contribution in [3.63, 3.8) is 0 Å². The van der Waals surface area contributed by atoms with Crippen molar-refractivity contribution in [2.24, 2.45) is 5.73 Å². The van der Waals surface area contributed by atoms with Gasteiger partial charge in [0.15, 0.2) is 0 Å². The monoisotopic (exact) mass is 292 g/mol. The number of methoxy groups -OCH3 is 1. The number of ether oxygens (including phenoxy) is 1. The van der Waals surface area contributed by atoms with Crippen LogP contribution in [0.4, 0.5) is 0 Å². The van der Waals surface area contributed by atoms with Crippen molar-refractivity contribution < 1.29 is 4.74 Å². The largest absolute Gasteiger partial charge is 0.496 e. The van der Waals surface area contributed by atoms with Gasteiger partial charge in [-0.2, -0.15) is 0 Å². The molecule has 1 unspecified atom stereocenters. The molecule has 1 atom stereocenters. The van der Waals surface area contributed by atoms with Crippen LogP contribution in [-0.4, -0.2) is 17.7 Å². The second-order valence-corrected chi connectivity index (χ2v) is 5.39. The molecule has 1 aromatic carbocycles. The van der Waals surface area contributed by atoms with Gasteiger partial charge in [0.1, 0.15) is 5.75 Å². The Kier molecular flexibility index (Phi) is 5.10. The first-order valence-electron chi connectivity index (χ1n) is 6.86. The number of hydrogen-bond acceptors (Lipinski definition) is 2. The lowest BCUT2D eigenvalue weighted by atomic mass is 10.1. The minimum absolute atomic E-state index is 0.199. The number of hydrogen-bond donors (Lipinski definition) is 1. The summed E-state index contributed by atoms with van der Waals surface area (Å²) in [4.78, 5) is 0. The van der Waals surface area contributed by atoms with Gasteiger partial charge in [0, 0.05) is 34.9 Å². The van der Waals surface area contributed by atoms with Crippen LogP contribution in [-0.2, 0) is 13.0 Å². The number of nitrogens with zero attached hydrogens (tertiary/aromatic N) is 1. The van der Waals surface area contributed by atoms with E-state index in [0.717, 1.165) is 35.7 Å². The molecule has 0 aliphatic heterocycles. The van der Waals surface area contributed by atoms with Gasteiger partial charge < -0.3 is 15.0 Å². The zero-order valence-electron chi connectivity index (χ0n) is 12.0. The van der Waals surface area contributed by atoms with Crippen LogP contribution >= 0.6 is 11.6 Å². The first-order valence-corrected chi connectivity index (χ1v) is 7.23. The maximum absolute atomic E-state index is 6.08. The van der Waals surface area contributed by atoms with E-state index in [4.69, 9.17) is 22.1 Å². The van der Waals surface area contributed by atoms with Crippen molar-refractivity contribution in [3.05, 3.63) is 52.8 Å². The molecule has 4 heteroatoms. The number of nitrogens with two attached hydrogens (primary N) is 1. The molecule has 0 amide bonds. The quantitative estimate of drug-likeness (QED) is 0.885. The highest BCUT2D eigenvalue weighted by atomic mass is 35.5. The normalized spacial score (nSPS) is 12.4. The van der Waals surface area contributed by atoms with Crippen molar-refractivity contribution in [1.82, 2.24) is 4.57 Å². The van der Waals surface area contributed by atoms with E-state index in [0.29, 0.717) is 0 Å². The third kappa shape index (κ3) is 3.56. The van der Waals surface area contributed by atoms with E-state index >= 15 is 0 Å². The average molecular weight is 293 g/mol. The van der Waals surface area contributed by atoms with Crippen molar-refractivity contribution >= 4 is 11.6 Å². The third-order valence-corrected chi connectivity index (χ3v) is 3.74. The molecule has 2 rings (SSSR count). The Balaban J connectivity index is 2.22. The van der Waals surface area contributed by atoms with Crippen LogP contribution in [0.2, 0.25) is 5.02 Å². The third-order valence-electron chi connectivity index (χ3n) is 3.50. The molecule has 0 fully saturated rings. The molecule has 2 N–H and O–H groups in total. The van der Waals surface area contributed by atoms with E-state index in [1.165, 1.54) is 5.69 Å². The summed E-state index contributed by atoms with van der Waals surface area (Å²) >= 11 is 6.08. The Labute approximate surface area is 125 Å². The van der Waals surface area contributed by atoms with Crippen LogP contribution in [0.1, 0.15) is 24.6 Å². The Morgan fingerprint density at radius 3 is 2.85 bits per heavy atom. The maximum atomic E-state index is 6.08. The number of aromatic nitrogens is 1. The van der Waals surface area contributed by atoms with Gasteiger partial charge >= 0.3 is 0 Å². The summed E-state index contributed by atoms with van der Waals surface area (Å²) in [6.45, 7) is 2.85. The minimum atomic E-state index is 0.199. The minimum Gasteiger partial charge on any atom is -0.496 e. The molecule has 0 bridgehead atoms. The Hall–Kier alpha value is -1.45. The van der Waals surface area contributed by atoms with Gasteiger partial charge in [0.25, 0.3) is 0 Å². The SMILES string of the molecule is CCC(N)Cc1cccn1Cc1cc(Cl)ccc1OC.